The van der Waals surface area contributed by atoms with Crippen LogP contribution in [0.4, 0.5) is 0 Å². The SMILES string of the molecule is Cc1ccc(S(=O)(=O)OC2=C([C@@H]3CCC[C@@H]3OS(=O)(=O)c3ccc(C)cc3)CCC2=O)cc1. The van der Waals surface area contributed by atoms with E-state index < -0.39 is 38.0 Å². The van der Waals surface area contributed by atoms with Gasteiger partial charge in [0.2, 0.25) is 0 Å². The van der Waals surface area contributed by atoms with Gasteiger partial charge in [0.05, 0.1) is 11.0 Å². The zero-order valence-electron chi connectivity index (χ0n) is 18.5. The molecule has 4 rings (SSSR count). The van der Waals surface area contributed by atoms with E-state index >= 15 is 0 Å². The predicted octanol–water partition coefficient (Wildman–Crippen LogP) is 4.20. The van der Waals surface area contributed by atoms with Crippen molar-refractivity contribution in [3.05, 3.63) is 71.0 Å². The Morgan fingerprint density at radius 2 is 1.30 bits per heavy atom. The molecule has 0 bridgehead atoms. The average molecular weight is 491 g/mol. The summed E-state index contributed by atoms with van der Waals surface area (Å²) in [4.78, 5) is 12.6. The van der Waals surface area contributed by atoms with E-state index in [4.69, 9.17) is 8.37 Å². The van der Waals surface area contributed by atoms with Crippen molar-refractivity contribution in [1.82, 2.24) is 0 Å². The Morgan fingerprint density at radius 3 is 1.88 bits per heavy atom. The molecule has 0 spiro atoms. The Kier molecular flexibility index (Phi) is 6.48. The van der Waals surface area contributed by atoms with Crippen LogP contribution in [-0.2, 0) is 33.4 Å². The number of carbonyl (C=O) groups is 1. The molecule has 176 valence electrons. The van der Waals surface area contributed by atoms with Crippen molar-refractivity contribution in [1.29, 1.82) is 0 Å². The van der Waals surface area contributed by atoms with Crippen LogP contribution < -0.4 is 0 Å². The second kappa shape index (κ2) is 9.04. The van der Waals surface area contributed by atoms with Crippen molar-refractivity contribution in [2.45, 2.75) is 61.8 Å². The fraction of sp³-hybridized carbons (Fsp3) is 0.375. The molecule has 0 amide bonds. The largest absolute Gasteiger partial charge is 0.375 e. The number of benzene rings is 2. The quantitative estimate of drug-likeness (QED) is 0.536. The normalized spacial score (nSPS) is 21.6. The van der Waals surface area contributed by atoms with E-state index in [1.54, 1.807) is 24.3 Å². The third-order valence-corrected chi connectivity index (χ3v) is 8.71. The van der Waals surface area contributed by atoms with Gasteiger partial charge in [-0.25, -0.2) is 0 Å². The molecule has 0 unspecified atom stereocenters. The number of allylic oxidation sites excluding steroid dienone is 1. The van der Waals surface area contributed by atoms with Crippen LogP contribution in [0, 0.1) is 19.8 Å². The summed E-state index contributed by atoms with van der Waals surface area (Å²) in [7, 11) is -8.20. The number of carbonyl (C=O) groups excluding carboxylic acids is 1. The minimum absolute atomic E-state index is 0.0409. The van der Waals surface area contributed by atoms with Gasteiger partial charge >= 0.3 is 10.1 Å². The molecular weight excluding hydrogens is 464 g/mol. The van der Waals surface area contributed by atoms with Crippen molar-refractivity contribution in [2.24, 2.45) is 5.92 Å². The Morgan fingerprint density at radius 1 is 0.758 bits per heavy atom. The van der Waals surface area contributed by atoms with E-state index in [0.29, 0.717) is 31.3 Å². The van der Waals surface area contributed by atoms with Crippen LogP contribution in [0.25, 0.3) is 0 Å². The molecule has 1 saturated carbocycles. The number of ketones is 1. The highest BCUT2D eigenvalue weighted by molar-refractivity contribution is 7.87. The van der Waals surface area contributed by atoms with Crippen LogP contribution in [0.3, 0.4) is 0 Å². The minimum atomic E-state index is -4.19. The lowest BCUT2D eigenvalue weighted by Gasteiger charge is -2.22. The molecule has 2 aliphatic rings. The summed E-state index contributed by atoms with van der Waals surface area (Å²) < 4.78 is 62.1. The average Bonchev–Trinajstić information content (AvgIpc) is 3.34. The fourth-order valence-corrected chi connectivity index (χ4v) is 6.46. The van der Waals surface area contributed by atoms with Gasteiger partial charge in [0.1, 0.15) is 4.90 Å². The smallest absolute Gasteiger partial charge is 0.339 e. The van der Waals surface area contributed by atoms with Gasteiger partial charge < -0.3 is 4.18 Å². The highest BCUT2D eigenvalue weighted by atomic mass is 32.2. The summed E-state index contributed by atoms with van der Waals surface area (Å²) in [6.45, 7) is 3.70. The standard InChI is InChI=1S/C24H26O7S2/c1-16-6-10-18(11-7-16)32(26,27)30-23-5-3-4-20(23)21-14-15-22(25)24(21)31-33(28,29)19-12-8-17(2)9-13-19/h6-13,20,23H,3-5,14-15H2,1-2H3/t20-,23-/m0/s1. The topological polar surface area (TPSA) is 104 Å². The summed E-state index contributed by atoms with van der Waals surface area (Å²) in [6, 6.07) is 12.5. The molecule has 1 fully saturated rings. The molecule has 2 aliphatic carbocycles. The van der Waals surface area contributed by atoms with Crippen LogP contribution in [0.1, 0.15) is 43.2 Å². The number of aryl methyl sites for hydroxylation is 2. The van der Waals surface area contributed by atoms with Crippen LogP contribution in [0.15, 0.2) is 69.7 Å². The zero-order chi connectivity index (χ0) is 23.8. The van der Waals surface area contributed by atoms with Gasteiger partial charge in [0.25, 0.3) is 10.1 Å². The van der Waals surface area contributed by atoms with E-state index in [1.807, 2.05) is 13.8 Å². The predicted molar refractivity (Wildman–Crippen MR) is 121 cm³/mol. The van der Waals surface area contributed by atoms with Gasteiger partial charge in [0.15, 0.2) is 11.5 Å². The summed E-state index contributed by atoms with van der Waals surface area (Å²) in [5, 5.41) is 0. The fourth-order valence-electron chi connectivity index (χ4n) is 4.33. The summed E-state index contributed by atoms with van der Waals surface area (Å²) in [5.41, 5.74) is 2.35. The molecule has 0 aromatic heterocycles. The molecule has 33 heavy (non-hydrogen) atoms. The van der Waals surface area contributed by atoms with Gasteiger partial charge in [-0.3, -0.25) is 8.98 Å². The van der Waals surface area contributed by atoms with E-state index in [1.165, 1.54) is 24.3 Å². The van der Waals surface area contributed by atoms with Crippen molar-refractivity contribution in [2.75, 3.05) is 0 Å². The minimum Gasteiger partial charge on any atom is -0.375 e. The van der Waals surface area contributed by atoms with E-state index in [9.17, 15) is 21.6 Å². The second-order valence-corrected chi connectivity index (χ2v) is 11.7. The second-order valence-electron chi connectivity index (χ2n) is 8.57. The third kappa shape index (κ3) is 5.05. The Bertz CT molecular complexity index is 1290. The molecule has 0 heterocycles. The van der Waals surface area contributed by atoms with Gasteiger partial charge in [0, 0.05) is 12.3 Å². The van der Waals surface area contributed by atoms with Crippen molar-refractivity contribution in [3.63, 3.8) is 0 Å². The summed E-state index contributed by atoms with van der Waals surface area (Å²) in [5.74, 6) is -0.989. The third-order valence-electron chi connectivity index (χ3n) is 6.13. The maximum Gasteiger partial charge on any atom is 0.339 e. The summed E-state index contributed by atoms with van der Waals surface area (Å²) in [6.07, 6.45) is 1.56. The molecular formula is C24H26O7S2. The molecule has 0 N–H and O–H groups in total. The number of hydrogen-bond acceptors (Lipinski definition) is 7. The highest BCUT2D eigenvalue weighted by Crippen LogP contribution is 2.42. The highest BCUT2D eigenvalue weighted by Gasteiger charge is 2.41. The number of Topliss-reactive ketones (excluding diaryl/α,β-unsaturated/α-hetero) is 1. The van der Waals surface area contributed by atoms with Crippen molar-refractivity contribution >= 4 is 26.0 Å². The van der Waals surface area contributed by atoms with Gasteiger partial charge in [-0.2, -0.15) is 16.8 Å². The van der Waals surface area contributed by atoms with Crippen LogP contribution in [0.5, 0.6) is 0 Å². The Hall–Kier alpha value is -2.49. The van der Waals surface area contributed by atoms with Crippen molar-refractivity contribution in [3.8, 4) is 0 Å². The lowest BCUT2D eigenvalue weighted by atomic mass is 9.94. The molecule has 9 heteroatoms. The molecule has 2 aromatic carbocycles. The first kappa shape index (κ1) is 23.7. The molecule has 2 atom stereocenters. The monoisotopic (exact) mass is 490 g/mol. The lowest BCUT2D eigenvalue weighted by molar-refractivity contribution is -0.116. The molecule has 0 aliphatic heterocycles. The van der Waals surface area contributed by atoms with Crippen LogP contribution in [-0.4, -0.2) is 28.7 Å². The molecule has 2 aromatic rings. The van der Waals surface area contributed by atoms with Crippen molar-refractivity contribution < 1.29 is 30.0 Å². The summed E-state index contributed by atoms with van der Waals surface area (Å²) >= 11 is 0. The van der Waals surface area contributed by atoms with Gasteiger partial charge in [-0.15, -0.1) is 0 Å². The number of rotatable bonds is 7. The Balaban J connectivity index is 1.60. The molecule has 0 radical (unpaired) electrons. The van der Waals surface area contributed by atoms with E-state index in [-0.39, 0.29) is 22.0 Å². The first-order chi connectivity index (χ1) is 15.6. The zero-order valence-corrected chi connectivity index (χ0v) is 20.1. The first-order valence-electron chi connectivity index (χ1n) is 10.8. The first-order valence-corrected chi connectivity index (χ1v) is 13.7. The number of hydrogen-bond donors (Lipinski definition) is 0. The van der Waals surface area contributed by atoms with Crippen LogP contribution in [0.2, 0.25) is 0 Å². The van der Waals surface area contributed by atoms with Gasteiger partial charge in [-0.05, 0) is 62.9 Å². The molecule has 7 nitrogen and oxygen atoms in total. The van der Waals surface area contributed by atoms with E-state index in [2.05, 4.69) is 0 Å². The lowest BCUT2D eigenvalue weighted by Crippen LogP contribution is -2.24. The Labute approximate surface area is 194 Å². The maximum absolute atomic E-state index is 12.8. The maximum atomic E-state index is 12.8. The van der Waals surface area contributed by atoms with E-state index in [0.717, 1.165) is 11.1 Å². The van der Waals surface area contributed by atoms with Gasteiger partial charge in [-0.1, -0.05) is 41.8 Å². The van der Waals surface area contributed by atoms with Crippen LogP contribution >= 0.6 is 0 Å². The molecule has 0 saturated heterocycles.